The van der Waals surface area contributed by atoms with Gasteiger partial charge in [0.05, 0.1) is 0 Å². The lowest BCUT2D eigenvalue weighted by molar-refractivity contribution is 0.0979. The van der Waals surface area contributed by atoms with Crippen LogP contribution in [0, 0.1) is 6.92 Å². The van der Waals surface area contributed by atoms with Gasteiger partial charge in [-0.3, -0.25) is 4.79 Å². The standard InChI is InChI=1S/C17H21BrN2O/c1-4-10-19-12-14(18)11-16(19)17(21)20(5-2)15-9-7-6-8-13(15)3/h6-9,11-12H,4-5,10H2,1-3H3. The maximum Gasteiger partial charge on any atom is 0.274 e. The fourth-order valence-corrected chi connectivity index (χ4v) is 2.97. The van der Waals surface area contributed by atoms with Gasteiger partial charge >= 0.3 is 0 Å². The van der Waals surface area contributed by atoms with Crippen molar-refractivity contribution in [3.63, 3.8) is 0 Å². The van der Waals surface area contributed by atoms with Gasteiger partial charge in [0.25, 0.3) is 5.91 Å². The lowest BCUT2D eigenvalue weighted by atomic mass is 10.1. The number of hydrogen-bond donors (Lipinski definition) is 0. The number of para-hydroxylation sites is 1. The molecule has 2 aromatic rings. The maximum absolute atomic E-state index is 12.9. The molecule has 2 rings (SSSR count). The minimum absolute atomic E-state index is 0.0472. The zero-order chi connectivity index (χ0) is 15.4. The molecule has 1 aromatic heterocycles. The summed E-state index contributed by atoms with van der Waals surface area (Å²) < 4.78 is 2.97. The number of carbonyl (C=O) groups excluding carboxylic acids is 1. The van der Waals surface area contributed by atoms with Gasteiger partial charge in [-0.25, -0.2) is 0 Å². The van der Waals surface area contributed by atoms with Crippen LogP contribution in [0.1, 0.15) is 36.3 Å². The summed E-state index contributed by atoms with van der Waals surface area (Å²) in [4.78, 5) is 14.8. The molecule has 3 nitrogen and oxygen atoms in total. The molecule has 0 fully saturated rings. The Balaban J connectivity index is 2.39. The van der Waals surface area contributed by atoms with Gasteiger partial charge in [0.1, 0.15) is 5.69 Å². The molecule has 0 aliphatic rings. The average Bonchev–Trinajstić information content (AvgIpc) is 2.83. The largest absolute Gasteiger partial charge is 0.342 e. The zero-order valence-corrected chi connectivity index (χ0v) is 14.4. The van der Waals surface area contributed by atoms with Crippen molar-refractivity contribution in [2.45, 2.75) is 33.7 Å². The fourth-order valence-electron chi connectivity index (χ4n) is 2.51. The number of aryl methyl sites for hydroxylation is 2. The molecule has 0 saturated carbocycles. The van der Waals surface area contributed by atoms with Gasteiger partial charge in [-0.1, -0.05) is 25.1 Å². The van der Waals surface area contributed by atoms with E-state index in [1.54, 1.807) is 0 Å². The molecule has 0 N–H and O–H groups in total. The van der Waals surface area contributed by atoms with Gasteiger partial charge < -0.3 is 9.47 Å². The molecule has 4 heteroatoms. The van der Waals surface area contributed by atoms with Crippen molar-refractivity contribution in [2.24, 2.45) is 0 Å². The van der Waals surface area contributed by atoms with Gasteiger partial charge in [-0.15, -0.1) is 0 Å². The molecular weight excluding hydrogens is 328 g/mol. The molecule has 1 amide bonds. The lowest BCUT2D eigenvalue weighted by Crippen LogP contribution is -2.32. The molecule has 0 atom stereocenters. The fraction of sp³-hybridized carbons (Fsp3) is 0.353. The number of anilines is 1. The van der Waals surface area contributed by atoms with Gasteiger partial charge in [0.15, 0.2) is 0 Å². The topological polar surface area (TPSA) is 25.2 Å². The number of halogens is 1. The Morgan fingerprint density at radius 1 is 1.29 bits per heavy atom. The van der Waals surface area contributed by atoms with E-state index in [0.717, 1.165) is 34.4 Å². The molecule has 0 aliphatic carbocycles. The Morgan fingerprint density at radius 3 is 2.62 bits per heavy atom. The van der Waals surface area contributed by atoms with Crippen molar-refractivity contribution < 1.29 is 4.79 Å². The summed E-state index contributed by atoms with van der Waals surface area (Å²) in [5.41, 5.74) is 2.82. The summed E-state index contributed by atoms with van der Waals surface area (Å²) >= 11 is 3.47. The van der Waals surface area contributed by atoms with E-state index in [-0.39, 0.29) is 5.91 Å². The minimum atomic E-state index is 0.0472. The summed E-state index contributed by atoms with van der Waals surface area (Å²) in [6.07, 6.45) is 2.97. The van der Waals surface area contributed by atoms with Crippen LogP contribution < -0.4 is 4.90 Å². The normalized spacial score (nSPS) is 10.7. The average molecular weight is 349 g/mol. The number of carbonyl (C=O) groups is 1. The lowest BCUT2D eigenvalue weighted by Gasteiger charge is -2.23. The first-order valence-electron chi connectivity index (χ1n) is 7.31. The van der Waals surface area contributed by atoms with Crippen LogP contribution in [0.4, 0.5) is 5.69 Å². The third-order valence-electron chi connectivity index (χ3n) is 3.51. The van der Waals surface area contributed by atoms with Gasteiger partial charge in [0, 0.05) is 29.4 Å². The van der Waals surface area contributed by atoms with E-state index in [9.17, 15) is 4.79 Å². The first-order valence-corrected chi connectivity index (χ1v) is 8.11. The van der Waals surface area contributed by atoms with E-state index in [0.29, 0.717) is 6.54 Å². The zero-order valence-electron chi connectivity index (χ0n) is 12.8. The van der Waals surface area contributed by atoms with E-state index in [1.807, 2.05) is 59.8 Å². The van der Waals surface area contributed by atoms with Crippen LogP contribution in [0.15, 0.2) is 41.0 Å². The second-order valence-corrected chi connectivity index (χ2v) is 5.99. The van der Waals surface area contributed by atoms with Crippen molar-refractivity contribution in [3.8, 4) is 0 Å². The highest BCUT2D eigenvalue weighted by atomic mass is 79.9. The number of benzene rings is 1. The molecule has 0 saturated heterocycles. The van der Waals surface area contributed by atoms with E-state index in [2.05, 4.69) is 22.9 Å². The second kappa shape index (κ2) is 6.94. The monoisotopic (exact) mass is 348 g/mol. The molecule has 1 heterocycles. The van der Waals surface area contributed by atoms with Crippen LogP contribution >= 0.6 is 15.9 Å². The Morgan fingerprint density at radius 2 is 2.00 bits per heavy atom. The first kappa shape index (κ1) is 15.8. The molecule has 0 unspecified atom stereocenters. The number of nitrogens with zero attached hydrogens (tertiary/aromatic N) is 2. The number of hydrogen-bond acceptors (Lipinski definition) is 1. The predicted molar refractivity (Wildman–Crippen MR) is 91.0 cm³/mol. The van der Waals surface area contributed by atoms with Crippen LogP contribution in [0.3, 0.4) is 0 Å². The minimum Gasteiger partial charge on any atom is -0.342 e. The highest BCUT2D eigenvalue weighted by Gasteiger charge is 2.21. The summed E-state index contributed by atoms with van der Waals surface area (Å²) in [5.74, 6) is 0.0472. The SMILES string of the molecule is CCCn1cc(Br)cc1C(=O)N(CC)c1ccccc1C. The van der Waals surface area contributed by atoms with Crippen LogP contribution in [-0.4, -0.2) is 17.0 Å². The first-order chi connectivity index (χ1) is 10.1. The van der Waals surface area contributed by atoms with E-state index < -0.39 is 0 Å². The third kappa shape index (κ3) is 3.38. The second-order valence-electron chi connectivity index (χ2n) is 5.07. The van der Waals surface area contributed by atoms with Crippen molar-refractivity contribution in [1.82, 2.24) is 4.57 Å². The van der Waals surface area contributed by atoms with Crippen LogP contribution in [0.5, 0.6) is 0 Å². The molecule has 0 bridgehead atoms. The van der Waals surface area contributed by atoms with Crippen molar-refractivity contribution in [2.75, 3.05) is 11.4 Å². The molecule has 1 aromatic carbocycles. The molecular formula is C17H21BrN2O. The molecule has 0 aliphatic heterocycles. The van der Waals surface area contributed by atoms with E-state index in [4.69, 9.17) is 0 Å². The van der Waals surface area contributed by atoms with Gasteiger partial charge in [0.2, 0.25) is 0 Å². The quantitative estimate of drug-likeness (QED) is 0.772. The smallest absolute Gasteiger partial charge is 0.274 e. The summed E-state index contributed by atoms with van der Waals surface area (Å²) in [6.45, 7) is 7.65. The number of rotatable bonds is 5. The molecule has 21 heavy (non-hydrogen) atoms. The third-order valence-corrected chi connectivity index (χ3v) is 3.95. The number of aromatic nitrogens is 1. The Hall–Kier alpha value is -1.55. The highest BCUT2D eigenvalue weighted by molar-refractivity contribution is 9.10. The van der Waals surface area contributed by atoms with E-state index in [1.165, 1.54) is 0 Å². The Bertz CT molecular complexity index is 633. The van der Waals surface area contributed by atoms with Crippen LogP contribution in [0.2, 0.25) is 0 Å². The van der Waals surface area contributed by atoms with Crippen molar-refractivity contribution in [1.29, 1.82) is 0 Å². The van der Waals surface area contributed by atoms with Crippen molar-refractivity contribution in [3.05, 3.63) is 52.3 Å². The van der Waals surface area contributed by atoms with Gasteiger partial charge in [-0.05, 0) is 53.9 Å². The Kier molecular flexibility index (Phi) is 5.23. The van der Waals surface area contributed by atoms with Crippen LogP contribution in [-0.2, 0) is 6.54 Å². The molecule has 0 radical (unpaired) electrons. The Labute approximate surface area is 134 Å². The predicted octanol–water partition coefficient (Wildman–Crippen LogP) is 4.64. The molecule has 112 valence electrons. The van der Waals surface area contributed by atoms with Crippen molar-refractivity contribution >= 4 is 27.5 Å². The van der Waals surface area contributed by atoms with E-state index >= 15 is 0 Å². The van der Waals surface area contributed by atoms with Crippen LogP contribution in [0.25, 0.3) is 0 Å². The highest BCUT2D eigenvalue weighted by Crippen LogP contribution is 2.23. The summed E-state index contributed by atoms with van der Waals surface area (Å²) in [5, 5.41) is 0. The number of amides is 1. The molecule has 0 spiro atoms. The maximum atomic E-state index is 12.9. The van der Waals surface area contributed by atoms with Gasteiger partial charge in [-0.2, -0.15) is 0 Å². The summed E-state index contributed by atoms with van der Waals surface area (Å²) in [6, 6.07) is 9.90. The summed E-state index contributed by atoms with van der Waals surface area (Å²) in [7, 11) is 0.